The van der Waals surface area contributed by atoms with E-state index in [4.69, 9.17) is 9.47 Å². The van der Waals surface area contributed by atoms with Crippen LogP contribution < -0.4 is 10.1 Å². The van der Waals surface area contributed by atoms with Gasteiger partial charge in [0, 0.05) is 29.7 Å². The molecule has 1 atom stereocenters. The van der Waals surface area contributed by atoms with Gasteiger partial charge in [0.2, 0.25) is 0 Å². The Kier molecular flexibility index (Phi) is 6.76. The highest BCUT2D eigenvalue weighted by Crippen LogP contribution is 2.33. The number of hydrogen-bond donors (Lipinski definition) is 1. The molecule has 4 rings (SSSR count). The predicted octanol–water partition coefficient (Wildman–Crippen LogP) is 5.32. The number of carbonyl (C=O) groups excluding carboxylic acids is 1. The van der Waals surface area contributed by atoms with E-state index in [0.29, 0.717) is 23.0 Å². The van der Waals surface area contributed by atoms with E-state index in [1.807, 2.05) is 6.07 Å². The van der Waals surface area contributed by atoms with Crippen LogP contribution in [0.1, 0.15) is 34.5 Å². The fraction of sp³-hybridized carbons (Fsp3) is 0.304. The summed E-state index contributed by atoms with van der Waals surface area (Å²) < 4.78 is 50.6. The first kappa shape index (κ1) is 22.3. The molecular formula is C23H21F3N2O3S. The number of nitrogens with zero attached hydrogens (tertiary/aromatic N) is 1. The number of benzene rings is 2. The zero-order chi connectivity index (χ0) is 22.6. The quantitative estimate of drug-likeness (QED) is 0.517. The normalized spacial score (nSPS) is 16.2. The smallest absolute Gasteiger partial charge is 0.416 e. The topological polar surface area (TPSA) is 60.5 Å². The van der Waals surface area contributed by atoms with Crippen LogP contribution in [0.4, 0.5) is 13.2 Å². The lowest BCUT2D eigenvalue weighted by atomic mass is 10.1. The van der Waals surface area contributed by atoms with E-state index in [2.05, 4.69) is 10.3 Å². The van der Waals surface area contributed by atoms with Crippen LogP contribution in [0.3, 0.4) is 0 Å². The monoisotopic (exact) mass is 462 g/mol. The molecule has 0 saturated carbocycles. The van der Waals surface area contributed by atoms with Crippen molar-refractivity contribution in [3.05, 3.63) is 70.7 Å². The lowest BCUT2D eigenvalue weighted by Gasteiger charge is -2.13. The van der Waals surface area contributed by atoms with Gasteiger partial charge in [0.25, 0.3) is 5.91 Å². The molecule has 1 fully saturated rings. The maximum absolute atomic E-state index is 13.2. The third-order valence-corrected chi connectivity index (χ3v) is 5.94. The molecule has 1 aromatic heterocycles. The Bertz CT molecular complexity index is 1080. The van der Waals surface area contributed by atoms with Crippen molar-refractivity contribution in [1.82, 2.24) is 10.3 Å². The fourth-order valence-electron chi connectivity index (χ4n) is 3.42. The minimum atomic E-state index is -4.44. The molecule has 3 aromatic rings. The number of aromatic nitrogens is 1. The van der Waals surface area contributed by atoms with Crippen molar-refractivity contribution in [3.8, 4) is 16.3 Å². The van der Waals surface area contributed by atoms with E-state index < -0.39 is 11.7 Å². The Morgan fingerprint density at radius 3 is 2.84 bits per heavy atom. The van der Waals surface area contributed by atoms with E-state index in [9.17, 15) is 18.0 Å². The maximum Gasteiger partial charge on any atom is 0.416 e. The van der Waals surface area contributed by atoms with Crippen molar-refractivity contribution in [2.24, 2.45) is 0 Å². The molecule has 0 unspecified atom stereocenters. The van der Waals surface area contributed by atoms with Gasteiger partial charge in [-0.15, -0.1) is 11.3 Å². The second-order valence-corrected chi connectivity index (χ2v) is 8.21. The Morgan fingerprint density at radius 2 is 2.06 bits per heavy atom. The van der Waals surface area contributed by atoms with Gasteiger partial charge in [-0.3, -0.25) is 4.79 Å². The largest absolute Gasteiger partial charge is 0.489 e. The summed E-state index contributed by atoms with van der Waals surface area (Å²) in [6.45, 7) is 0.962. The first-order chi connectivity index (χ1) is 15.4. The summed E-state index contributed by atoms with van der Waals surface area (Å²) in [4.78, 5) is 16.7. The SMILES string of the molecule is O=C(NC[C@@H]1CCCO1)c1csc(-c2cccc(OCc3ccccc3C(F)(F)F)c2)n1. The fourth-order valence-corrected chi connectivity index (χ4v) is 4.21. The van der Waals surface area contributed by atoms with Gasteiger partial charge in [-0.1, -0.05) is 30.3 Å². The minimum absolute atomic E-state index is 0.0494. The molecule has 1 saturated heterocycles. The molecule has 1 amide bonds. The molecule has 1 N–H and O–H groups in total. The van der Waals surface area contributed by atoms with Crippen LogP contribution in [-0.4, -0.2) is 30.1 Å². The molecule has 32 heavy (non-hydrogen) atoms. The van der Waals surface area contributed by atoms with Gasteiger partial charge in [0.15, 0.2) is 0 Å². The third kappa shape index (κ3) is 5.46. The van der Waals surface area contributed by atoms with E-state index in [1.165, 1.54) is 23.5 Å². The number of amides is 1. The maximum atomic E-state index is 13.2. The van der Waals surface area contributed by atoms with E-state index in [1.54, 1.807) is 29.6 Å². The van der Waals surface area contributed by atoms with Gasteiger partial charge in [0.1, 0.15) is 23.1 Å². The third-order valence-electron chi connectivity index (χ3n) is 5.05. The summed E-state index contributed by atoms with van der Waals surface area (Å²) in [5, 5.41) is 5.13. The highest BCUT2D eigenvalue weighted by molar-refractivity contribution is 7.13. The van der Waals surface area contributed by atoms with Gasteiger partial charge >= 0.3 is 6.18 Å². The summed E-state index contributed by atoms with van der Waals surface area (Å²) in [5.41, 5.74) is 0.378. The summed E-state index contributed by atoms with van der Waals surface area (Å²) in [7, 11) is 0. The first-order valence-corrected chi connectivity index (χ1v) is 11.0. The highest BCUT2D eigenvalue weighted by Gasteiger charge is 2.33. The lowest BCUT2D eigenvalue weighted by molar-refractivity contribution is -0.138. The molecule has 0 radical (unpaired) electrons. The van der Waals surface area contributed by atoms with Gasteiger partial charge in [-0.25, -0.2) is 4.98 Å². The minimum Gasteiger partial charge on any atom is -0.489 e. The molecule has 168 valence electrons. The number of hydrogen-bond acceptors (Lipinski definition) is 5. The van der Waals surface area contributed by atoms with Crippen molar-refractivity contribution >= 4 is 17.2 Å². The molecule has 2 heterocycles. The summed E-state index contributed by atoms with van der Waals surface area (Å²) in [6, 6.07) is 12.2. The van der Waals surface area contributed by atoms with E-state index >= 15 is 0 Å². The second kappa shape index (κ2) is 9.70. The Balaban J connectivity index is 1.41. The number of ether oxygens (including phenoxy) is 2. The molecule has 9 heteroatoms. The van der Waals surface area contributed by atoms with Crippen molar-refractivity contribution in [3.63, 3.8) is 0 Å². The zero-order valence-corrected chi connectivity index (χ0v) is 17.8. The van der Waals surface area contributed by atoms with Crippen LogP contribution >= 0.6 is 11.3 Å². The van der Waals surface area contributed by atoms with Gasteiger partial charge < -0.3 is 14.8 Å². The van der Waals surface area contributed by atoms with Crippen LogP contribution in [0.15, 0.2) is 53.9 Å². The van der Waals surface area contributed by atoms with E-state index in [-0.39, 0.29) is 24.2 Å². The molecule has 1 aliphatic rings. The molecule has 5 nitrogen and oxygen atoms in total. The van der Waals surface area contributed by atoms with Crippen LogP contribution in [0.2, 0.25) is 0 Å². The van der Waals surface area contributed by atoms with E-state index in [0.717, 1.165) is 31.1 Å². The van der Waals surface area contributed by atoms with Crippen molar-refractivity contribution in [2.45, 2.75) is 31.7 Å². The molecular weight excluding hydrogens is 441 g/mol. The van der Waals surface area contributed by atoms with Crippen LogP contribution in [0.5, 0.6) is 5.75 Å². The summed E-state index contributed by atoms with van der Waals surface area (Å²) in [5.74, 6) is 0.151. The molecule has 0 aliphatic carbocycles. The summed E-state index contributed by atoms with van der Waals surface area (Å²) in [6.07, 6.45) is -2.46. The van der Waals surface area contributed by atoms with Crippen molar-refractivity contribution in [2.75, 3.05) is 13.2 Å². The van der Waals surface area contributed by atoms with Crippen molar-refractivity contribution < 1.29 is 27.4 Å². The number of alkyl halides is 3. The highest BCUT2D eigenvalue weighted by atomic mass is 32.1. The molecule has 0 bridgehead atoms. The standard InChI is InChI=1S/C23H21F3N2O3S/c24-23(25,26)19-9-2-1-5-16(19)13-31-17-7-3-6-15(11-17)22-28-20(14-32-22)21(29)27-12-18-8-4-10-30-18/h1-3,5-7,9,11,14,18H,4,8,10,12-13H2,(H,27,29)/t18-/m0/s1. The number of carbonyl (C=O) groups is 1. The van der Waals surface area contributed by atoms with Gasteiger partial charge in [-0.05, 0) is 31.0 Å². The van der Waals surface area contributed by atoms with Crippen LogP contribution in [-0.2, 0) is 17.5 Å². The molecule has 1 aliphatic heterocycles. The number of rotatable bonds is 7. The molecule has 0 spiro atoms. The number of halogens is 3. The number of nitrogens with one attached hydrogen (secondary N) is 1. The zero-order valence-electron chi connectivity index (χ0n) is 17.0. The van der Waals surface area contributed by atoms with Gasteiger partial charge in [0.05, 0.1) is 11.7 Å². The van der Waals surface area contributed by atoms with Crippen molar-refractivity contribution in [1.29, 1.82) is 0 Å². The predicted molar refractivity (Wildman–Crippen MR) is 115 cm³/mol. The molecule has 2 aromatic carbocycles. The average molecular weight is 462 g/mol. The van der Waals surface area contributed by atoms with Gasteiger partial charge in [-0.2, -0.15) is 13.2 Å². The Hall–Kier alpha value is -2.91. The number of thiazole rings is 1. The lowest BCUT2D eigenvalue weighted by Crippen LogP contribution is -2.31. The first-order valence-electron chi connectivity index (χ1n) is 10.1. The Morgan fingerprint density at radius 1 is 1.22 bits per heavy atom. The Labute approximate surface area is 187 Å². The van der Waals surface area contributed by atoms with Crippen LogP contribution in [0, 0.1) is 0 Å². The summed E-state index contributed by atoms with van der Waals surface area (Å²) >= 11 is 1.31. The van der Waals surface area contributed by atoms with Crippen LogP contribution in [0.25, 0.3) is 10.6 Å². The average Bonchev–Trinajstić information content (AvgIpc) is 3.48. The second-order valence-electron chi connectivity index (χ2n) is 7.35.